The van der Waals surface area contributed by atoms with E-state index in [0.29, 0.717) is 5.92 Å². The van der Waals surface area contributed by atoms with Crippen molar-refractivity contribution < 1.29 is 0 Å². The third-order valence-electron chi connectivity index (χ3n) is 9.72. The van der Waals surface area contributed by atoms with Crippen molar-refractivity contribution in [3.63, 3.8) is 0 Å². The molecule has 0 bridgehead atoms. The minimum Gasteiger partial charge on any atom is -0.372 e. The summed E-state index contributed by atoms with van der Waals surface area (Å²) in [6.07, 6.45) is 8.07. The summed E-state index contributed by atoms with van der Waals surface area (Å²) >= 11 is 0. The first kappa shape index (κ1) is 37.7. The molecule has 0 heterocycles. The maximum absolute atomic E-state index is 4.59. The lowest BCUT2D eigenvalue weighted by atomic mass is 9.95. The molecule has 7 nitrogen and oxygen atoms in total. The lowest BCUT2D eigenvalue weighted by Crippen LogP contribution is -2.21. The smallest absolute Gasteiger partial charge is 0.0936 e. The van der Waals surface area contributed by atoms with Crippen LogP contribution >= 0.6 is 0 Å². The number of benzene rings is 6. The van der Waals surface area contributed by atoms with Crippen molar-refractivity contribution >= 4 is 50.6 Å². The van der Waals surface area contributed by atoms with Gasteiger partial charge >= 0.3 is 0 Å². The quantitative estimate of drug-likeness (QED) is 0.0685. The zero-order chi connectivity index (χ0) is 37.5. The Bertz CT molecular complexity index is 2180. The molecule has 0 radical (unpaired) electrons. The van der Waals surface area contributed by atoms with Crippen LogP contribution in [0.1, 0.15) is 52.0 Å². The van der Waals surface area contributed by atoms with Crippen LogP contribution in [-0.4, -0.2) is 13.1 Å². The Balaban J connectivity index is 1.05. The second-order valence-corrected chi connectivity index (χ2v) is 13.4. The molecule has 0 fully saturated rings. The van der Waals surface area contributed by atoms with Gasteiger partial charge in [-0.1, -0.05) is 80.1 Å². The average Bonchev–Trinajstić information content (AvgIpc) is 3.23. The fourth-order valence-corrected chi connectivity index (χ4v) is 6.59. The van der Waals surface area contributed by atoms with Crippen LogP contribution in [0.5, 0.6) is 0 Å². The third-order valence-corrected chi connectivity index (χ3v) is 9.72. The number of rotatable bonds is 17. The van der Waals surface area contributed by atoms with Crippen molar-refractivity contribution in [3.05, 3.63) is 152 Å². The van der Waals surface area contributed by atoms with Crippen LogP contribution < -0.4 is 4.90 Å². The normalized spacial score (nSPS) is 12.3. The number of nitrogens with zero attached hydrogens (tertiary/aromatic N) is 7. The first-order valence-electron chi connectivity index (χ1n) is 19.1. The standard InChI is InChI=1S/C47H49N7/c1-5-12-35(6-2)13-11-14-36-17-19-37(20-18-36)38-21-23-39(24-22-38)48-49-40-25-27-41(28-26-40)50-52-46-33-34-47(45-16-10-9-15-44(45)46)53-51-42-29-31-43(32-30-42)54(7-3)8-4/h6,9-10,15-35H,2,5,7-8,11-14H2,1,3-4H3. The minimum atomic E-state index is 0.635. The van der Waals surface area contributed by atoms with Crippen LogP contribution in [0.4, 0.5) is 39.8 Å². The molecule has 6 aromatic carbocycles. The summed E-state index contributed by atoms with van der Waals surface area (Å²) in [6.45, 7) is 12.5. The Kier molecular flexibility index (Phi) is 13.3. The topological polar surface area (TPSA) is 77.4 Å². The number of aryl methyl sites for hydroxylation is 1. The molecule has 1 atom stereocenters. The van der Waals surface area contributed by atoms with E-state index < -0.39 is 0 Å². The van der Waals surface area contributed by atoms with Gasteiger partial charge in [0.1, 0.15) is 0 Å². The molecular weight excluding hydrogens is 663 g/mol. The number of azo groups is 3. The highest BCUT2D eigenvalue weighted by Gasteiger charge is 2.07. The molecule has 0 aliphatic rings. The molecule has 0 spiro atoms. The van der Waals surface area contributed by atoms with Gasteiger partial charge < -0.3 is 4.90 Å². The van der Waals surface area contributed by atoms with Crippen LogP contribution in [0, 0.1) is 5.92 Å². The molecule has 0 saturated heterocycles. The van der Waals surface area contributed by atoms with Gasteiger partial charge in [0.05, 0.1) is 34.1 Å². The van der Waals surface area contributed by atoms with E-state index in [1.165, 1.54) is 42.5 Å². The molecule has 0 aromatic heterocycles. The molecule has 0 aliphatic heterocycles. The monoisotopic (exact) mass is 711 g/mol. The van der Waals surface area contributed by atoms with Crippen LogP contribution in [0.15, 0.2) is 177 Å². The predicted molar refractivity (Wildman–Crippen MR) is 226 cm³/mol. The van der Waals surface area contributed by atoms with Gasteiger partial charge in [0.25, 0.3) is 0 Å². The number of allylic oxidation sites excluding steroid dienone is 1. The Morgan fingerprint density at radius 2 is 0.963 bits per heavy atom. The van der Waals surface area contributed by atoms with E-state index in [4.69, 9.17) is 0 Å². The molecule has 0 aliphatic carbocycles. The van der Waals surface area contributed by atoms with Gasteiger partial charge in [0.15, 0.2) is 0 Å². The highest BCUT2D eigenvalue weighted by atomic mass is 15.1. The van der Waals surface area contributed by atoms with E-state index >= 15 is 0 Å². The second kappa shape index (κ2) is 19.1. The molecule has 0 amide bonds. The Hall–Kier alpha value is -6.08. The summed E-state index contributed by atoms with van der Waals surface area (Å²) in [5.74, 6) is 0.635. The van der Waals surface area contributed by atoms with Crippen molar-refractivity contribution in [1.29, 1.82) is 0 Å². The van der Waals surface area contributed by atoms with Gasteiger partial charge in [-0.15, -0.1) is 16.8 Å². The second-order valence-electron chi connectivity index (χ2n) is 13.4. The van der Waals surface area contributed by atoms with Gasteiger partial charge in [-0.25, -0.2) is 0 Å². The molecule has 6 aromatic rings. The number of anilines is 1. The summed E-state index contributed by atoms with van der Waals surface area (Å²) in [6, 6.07) is 44.8. The first-order valence-corrected chi connectivity index (χ1v) is 19.1. The van der Waals surface area contributed by atoms with Gasteiger partial charge in [0.2, 0.25) is 0 Å². The van der Waals surface area contributed by atoms with E-state index in [0.717, 1.165) is 70.0 Å². The van der Waals surface area contributed by atoms with E-state index in [2.05, 4.69) is 118 Å². The summed E-state index contributed by atoms with van der Waals surface area (Å²) in [5.41, 5.74) is 9.53. The highest BCUT2D eigenvalue weighted by molar-refractivity contribution is 5.99. The van der Waals surface area contributed by atoms with Gasteiger partial charge in [-0.3, -0.25) is 0 Å². The van der Waals surface area contributed by atoms with Gasteiger partial charge in [-0.2, -0.15) is 20.5 Å². The fraction of sp³-hybridized carbons (Fsp3) is 0.234. The summed E-state index contributed by atoms with van der Waals surface area (Å²) in [7, 11) is 0. The van der Waals surface area contributed by atoms with Crippen LogP contribution in [0.2, 0.25) is 0 Å². The van der Waals surface area contributed by atoms with E-state index in [9.17, 15) is 0 Å². The molecule has 0 N–H and O–H groups in total. The lowest BCUT2D eigenvalue weighted by Gasteiger charge is -2.20. The van der Waals surface area contributed by atoms with Crippen molar-refractivity contribution in [1.82, 2.24) is 0 Å². The van der Waals surface area contributed by atoms with E-state index in [1.54, 1.807) is 0 Å². The van der Waals surface area contributed by atoms with Crippen LogP contribution in [-0.2, 0) is 6.42 Å². The predicted octanol–water partition coefficient (Wildman–Crippen LogP) is 15.5. The molecule has 0 saturated carbocycles. The maximum Gasteiger partial charge on any atom is 0.0936 e. The molecule has 272 valence electrons. The number of fused-ring (bicyclic) bond motifs is 1. The van der Waals surface area contributed by atoms with Crippen LogP contribution in [0.25, 0.3) is 21.9 Å². The molecule has 1 unspecified atom stereocenters. The molecule has 54 heavy (non-hydrogen) atoms. The Morgan fingerprint density at radius 1 is 0.519 bits per heavy atom. The van der Waals surface area contributed by atoms with Gasteiger partial charge in [0, 0.05) is 29.5 Å². The number of hydrogen-bond donors (Lipinski definition) is 0. The Labute approximate surface area is 319 Å². The molecule has 6 rings (SSSR count). The van der Waals surface area contributed by atoms with E-state index in [1.807, 2.05) is 84.9 Å². The van der Waals surface area contributed by atoms with Gasteiger partial charge in [-0.05, 0) is 135 Å². The van der Waals surface area contributed by atoms with E-state index in [-0.39, 0.29) is 0 Å². The number of hydrogen-bond acceptors (Lipinski definition) is 7. The third kappa shape index (κ3) is 10.1. The van der Waals surface area contributed by atoms with Crippen molar-refractivity contribution in [3.8, 4) is 11.1 Å². The molecular formula is C47H49N7. The Morgan fingerprint density at radius 3 is 1.43 bits per heavy atom. The maximum atomic E-state index is 4.59. The zero-order valence-corrected chi connectivity index (χ0v) is 31.6. The van der Waals surface area contributed by atoms with Crippen LogP contribution in [0.3, 0.4) is 0 Å². The van der Waals surface area contributed by atoms with Crippen molar-refractivity contribution in [2.45, 2.75) is 52.9 Å². The van der Waals surface area contributed by atoms with Crippen molar-refractivity contribution in [2.75, 3.05) is 18.0 Å². The SMILES string of the molecule is C=CC(CCC)CCCc1ccc(-c2ccc(N=Nc3ccc(N=Nc4ccc(N=Nc5ccc(N(CC)CC)cc5)c5ccccc45)cc3)cc2)cc1. The summed E-state index contributed by atoms with van der Waals surface area (Å²) in [5, 5.41) is 29.0. The highest BCUT2D eigenvalue weighted by Crippen LogP contribution is 2.36. The largest absolute Gasteiger partial charge is 0.372 e. The zero-order valence-electron chi connectivity index (χ0n) is 31.6. The fourth-order valence-electron chi connectivity index (χ4n) is 6.59. The lowest BCUT2D eigenvalue weighted by molar-refractivity contribution is 0.517. The summed E-state index contributed by atoms with van der Waals surface area (Å²) in [4.78, 5) is 2.30. The minimum absolute atomic E-state index is 0.635. The average molecular weight is 712 g/mol. The molecule has 7 heteroatoms. The van der Waals surface area contributed by atoms with Crippen molar-refractivity contribution in [2.24, 2.45) is 36.6 Å². The summed E-state index contributed by atoms with van der Waals surface area (Å²) < 4.78 is 0. The first-order chi connectivity index (χ1) is 26.6.